The highest BCUT2D eigenvalue weighted by Crippen LogP contribution is 2.41. The summed E-state index contributed by atoms with van der Waals surface area (Å²) in [5.41, 5.74) is 18.8. The molecule has 0 N–H and O–H groups in total. The van der Waals surface area contributed by atoms with E-state index in [4.69, 9.17) is 4.42 Å². The normalized spacial score (nSPS) is 11.2. The summed E-state index contributed by atoms with van der Waals surface area (Å²) in [5, 5.41) is 18.9. The van der Waals surface area contributed by atoms with Crippen LogP contribution >= 0.6 is 45.3 Å². The van der Waals surface area contributed by atoms with Crippen molar-refractivity contribution in [1.82, 2.24) is 9.13 Å². The van der Waals surface area contributed by atoms with Crippen LogP contribution in [0.4, 0.5) is 0 Å². The standard InChI is InChI=1S/2C19H15N.C13H10O.4C13H10S/c1-14-8-7-12-17-16-11-5-6-13-18(16)20(19(14)17)15-9-3-2-4-10-15;1-14-11-12-17-16-9-5-6-10-18(16)20(19(17)13-14)15-7-3-2-4-8-15;1-9-5-4-8-12-13(9)10-6-2-3-7-11(10)14-12;1-9-5-4-7-11-10-6-2-3-8-12(10)14-13(9)11;1-9-5-4-8-12-13(9)10-6-2-3-7-11(10)14-12;1-9-6-7-13-11(8-9)10-4-2-3-5-12(10)14-13;1-9-6-7-11-10-4-2-3-5-12(10)14-13(11)8-9/h2*2-13H,1H3;5*2-8H,1H3. The van der Waals surface area contributed by atoms with Crippen molar-refractivity contribution >= 4 is 192 Å². The zero-order chi connectivity index (χ0) is 74.8. The van der Waals surface area contributed by atoms with Crippen molar-refractivity contribution in [3.05, 3.63) is 397 Å². The third-order valence-corrected chi connectivity index (χ3v) is 25.4. The van der Waals surface area contributed by atoms with Crippen LogP contribution in [-0.2, 0) is 0 Å². The summed E-state index contributed by atoms with van der Waals surface area (Å²) in [6, 6.07) is 127. The third-order valence-electron chi connectivity index (χ3n) is 20.6. The average molecular weight is 1490 g/mol. The van der Waals surface area contributed by atoms with Gasteiger partial charge in [-0.2, -0.15) is 0 Å². The van der Waals surface area contributed by atoms with Gasteiger partial charge in [-0.25, -0.2) is 0 Å². The maximum Gasteiger partial charge on any atom is 0.135 e. The van der Waals surface area contributed by atoms with Gasteiger partial charge in [-0.1, -0.05) is 260 Å². The first-order valence-corrected chi connectivity index (χ1v) is 40.7. The fourth-order valence-corrected chi connectivity index (χ4v) is 20.1. The number of rotatable bonds is 2. The molecule has 0 radical (unpaired) electrons. The van der Waals surface area contributed by atoms with Crippen LogP contribution in [0.2, 0.25) is 0 Å². The highest BCUT2D eigenvalue weighted by atomic mass is 32.1. The molecule has 23 aromatic rings. The molecule has 532 valence electrons. The molecular weight excluding hydrogens is 1410 g/mol. The predicted octanol–water partition coefficient (Wildman–Crippen LogP) is 31.5. The number of hydrogen-bond acceptors (Lipinski definition) is 5. The maximum atomic E-state index is 5.73. The van der Waals surface area contributed by atoms with Crippen LogP contribution in [-0.4, -0.2) is 9.13 Å². The summed E-state index contributed by atoms with van der Waals surface area (Å²) in [7, 11) is 0. The summed E-state index contributed by atoms with van der Waals surface area (Å²) in [6.45, 7) is 15.1. The minimum Gasteiger partial charge on any atom is -0.456 e. The molecule has 16 aromatic carbocycles. The van der Waals surface area contributed by atoms with Gasteiger partial charge in [0.1, 0.15) is 11.2 Å². The Morgan fingerprint density at radius 2 is 0.600 bits per heavy atom. The van der Waals surface area contributed by atoms with E-state index in [1.165, 1.54) is 185 Å². The summed E-state index contributed by atoms with van der Waals surface area (Å²) < 4.78 is 21.6. The molecule has 0 bridgehead atoms. The number of para-hydroxylation sites is 6. The van der Waals surface area contributed by atoms with E-state index < -0.39 is 0 Å². The number of furan rings is 1. The van der Waals surface area contributed by atoms with Gasteiger partial charge in [0, 0.05) is 124 Å². The van der Waals surface area contributed by atoms with Crippen molar-refractivity contribution in [1.29, 1.82) is 0 Å². The molecule has 23 rings (SSSR count). The van der Waals surface area contributed by atoms with Gasteiger partial charge in [0.15, 0.2) is 0 Å². The molecule has 7 aromatic heterocycles. The number of aryl methyl sites for hydroxylation is 7. The first-order chi connectivity index (χ1) is 54.0. The summed E-state index contributed by atoms with van der Waals surface area (Å²) in [6.07, 6.45) is 0. The topological polar surface area (TPSA) is 23.0 Å². The van der Waals surface area contributed by atoms with Crippen LogP contribution in [0, 0.1) is 48.5 Å². The van der Waals surface area contributed by atoms with Crippen molar-refractivity contribution in [2.24, 2.45) is 0 Å². The van der Waals surface area contributed by atoms with Gasteiger partial charge in [0.05, 0.1) is 22.1 Å². The van der Waals surface area contributed by atoms with Crippen molar-refractivity contribution in [3.63, 3.8) is 0 Å². The van der Waals surface area contributed by atoms with Crippen LogP contribution in [0.3, 0.4) is 0 Å². The summed E-state index contributed by atoms with van der Waals surface area (Å²) in [4.78, 5) is 0. The average Bonchev–Trinajstić information content (AvgIpc) is 1.60. The molecule has 0 aliphatic heterocycles. The molecule has 0 saturated heterocycles. The van der Waals surface area contributed by atoms with E-state index in [1.54, 1.807) is 0 Å². The minimum absolute atomic E-state index is 0.969. The molecule has 0 spiro atoms. The Labute approximate surface area is 656 Å². The largest absolute Gasteiger partial charge is 0.456 e. The number of hydrogen-bond donors (Lipinski definition) is 0. The number of nitrogens with zero attached hydrogens (tertiary/aromatic N) is 2. The zero-order valence-electron chi connectivity index (χ0n) is 62.5. The van der Waals surface area contributed by atoms with E-state index in [0.29, 0.717) is 0 Å². The number of benzene rings is 16. The molecule has 0 amide bonds. The quantitative estimate of drug-likeness (QED) is 0.169. The van der Waals surface area contributed by atoms with Crippen molar-refractivity contribution in [3.8, 4) is 11.4 Å². The van der Waals surface area contributed by atoms with Crippen molar-refractivity contribution < 1.29 is 4.42 Å². The summed E-state index contributed by atoms with van der Waals surface area (Å²) in [5.74, 6) is 0. The van der Waals surface area contributed by atoms with E-state index >= 15 is 0 Å². The van der Waals surface area contributed by atoms with Crippen LogP contribution in [0.1, 0.15) is 38.9 Å². The van der Waals surface area contributed by atoms with E-state index in [0.717, 1.165) is 11.2 Å². The Balaban J connectivity index is 0.0000000941. The van der Waals surface area contributed by atoms with Crippen molar-refractivity contribution in [2.45, 2.75) is 48.5 Å². The molecule has 0 fully saturated rings. The second kappa shape index (κ2) is 31.2. The molecule has 110 heavy (non-hydrogen) atoms. The maximum absolute atomic E-state index is 5.73. The fraction of sp³-hybridized carbons (Fsp3) is 0.0680. The number of fused-ring (bicyclic) bond motifs is 21. The van der Waals surface area contributed by atoms with Crippen LogP contribution in [0.5, 0.6) is 0 Å². The van der Waals surface area contributed by atoms with Gasteiger partial charge >= 0.3 is 0 Å². The second-order valence-electron chi connectivity index (χ2n) is 28.2. The highest BCUT2D eigenvalue weighted by molar-refractivity contribution is 7.27. The van der Waals surface area contributed by atoms with Gasteiger partial charge in [-0.15, -0.1) is 45.3 Å². The smallest absolute Gasteiger partial charge is 0.135 e. The van der Waals surface area contributed by atoms with Crippen LogP contribution in [0.25, 0.3) is 158 Å². The predicted molar refractivity (Wildman–Crippen MR) is 486 cm³/mol. The van der Waals surface area contributed by atoms with Crippen LogP contribution in [0.15, 0.2) is 362 Å². The molecule has 0 aliphatic carbocycles. The fourth-order valence-electron chi connectivity index (χ4n) is 15.4. The first kappa shape index (κ1) is 70.8. The van der Waals surface area contributed by atoms with Crippen molar-refractivity contribution in [2.75, 3.05) is 0 Å². The molecule has 0 aliphatic rings. The SMILES string of the molecule is Cc1ccc2c(c1)sc1ccccc12.Cc1ccc2c3ccccc3n(-c3ccccc3)c2c1.Cc1ccc2sc3ccccc3c2c1.Cc1cccc2c1sc1ccccc12.Cc1cccc2c3ccccc3n(-c3ccccc3)c12.Cc1cccc2oc3ccccc3c12.Cc1cccc2sc3ccccc3c12. The van der Waals surface area contributed by atoms with Gasteiger partial charge in [0.2, 0.25) is 0 Å². The number of thiophene rings is 4. The molecular formula is C103H80N2OS4. The van der Waals surface area contributed by atoms with Gasteiger partial charge < -0.3 is 13.6 Å². The lowest BCUT2D eigenvalue weighted by molar-refractivity contribution is 0.669. The Morgan fingerprint density at radius 3 is 1.28 bits per heavy atom. The monoisotopic (exact) mass is 1490 g/mol. The molecule has 7 heteroatoms. The lowest BCUT2D eigenvalue weighted by atomic mass is 10.1. The van der Waals surface area contributed by atoms with E-state index in [9.17, 15) is 0 Å². The van der Waals surface area contributed by atoms with E-state index in [2.05, 4.69) is 385 Å². The van der Waals surface area contributed by atoms with Gasteiger partial charge in [-0.05, 0) is 185 Å². The van der Waals surface area contributed by atoms with Crippen LogP contribution < -0.4 is 0 Å². The molecule has 0 unspecified atom stereocenters. The highest BCUT2D eigenvalue weighted by Gasteiger charge is 2.16. The molecule has 7 heterocycles. The zero-order valence-corrected chi connectivity index (χ0v) is 65.8. The lowest BCUT2D eigenvalue weighted by Gasteiger charge is -2.08. The molecule has 0 saturated carbocycles. The van der Waals surface area contributed by atoms with E-state index in [-0.39, 0.29) is 0 Å². The Morgan fingerprint density at radius 1 is 0.209 bits per heavy atom. The Kier molecular flexibility index (Phi) is 20.1. The van der Waals surface area contributed by atoms with E-state index in [1.807, 2.05) is 75.7 Å². The second-order valence-corrected chi connectivity index (χ2v) is 32.5. The van der Waals surface area contributed by atoms with Gasteiger partial charge in [0.25, 0.3) is 0 Å². The minimum atomic E-state index is 0.969. The lowest BCUT2D eigenvalue weighted by Crippen LogP contribution is -1.94. The Bertz CT molecular complexity index is 7120. The molecule has 0 atom stereocenters. The molecule has 3 nitrogen and oxygen atoms in total. The number of aromatic nitrogens is 2. The third kappa shape index (κ3) is 14.0. The first-order valence-electron chi connectivity index (χ1n) is 37.4. The Hall–Kier alpha value is -12.2. The van der Waals surface area contributed by atoms with Gasteiger partial charge in [-0.3, -0.25) is 0 Å². The summed E-state index contributed by atoms with van der Waals surface area (Å²) >= 11 is 7.51.